The first kappa shape index (κ1) is 13.1. The molecule has 0 fully saturated rings. The molecule has 9 heteroatoms. The molecule has 0 radical (unpaired) electrons. The molecule has 3 aromatic rings. The van der Waals surface area contributed by atoms with Gasteiger partial charge in [-0.1, -0.05) is 0 Å². The average molecular weight is 300 g/mol. The number of aromatic amines is 1. The van der Waals surface area contributed by atoms with Crippen LogP contribution in [-0.4, -0.2) is 42.0 Å². The quantitative estimate of drug-likeness (QED) is 0.741. The Labute approximate surface area is 126 Å². The van der Waals surface area contributed by atoms with Crippen LogP contribution in [0.25, 0.3) is 11.0 Å². The Morgan fingerprint density at radius 3 is 3.32 bits per heavy atom. The van der Waals surface area contributed by atoms with E-state index in [-0.39, 0.29) is 6.04 Å². The number of nitrogens with one attached hydrogen (secondary N) is 2. The van der Waals surface area contributed by atoms with Crippen LogP contribution in [0, 0.1) is 0 Å². The van der Waals surface area contributed by atoms with Crippen molar-refractivity contribution in [2.45, 2.75) is 32.0 Å². The fourth-order valence-corrected chi connectivity index (χ4v) is 2.77. The van der Waals surface area contributed by atoms with E-state index < -0.39 is 0 Å². The second kappa shape index (κ2) is 5.34. The highest BCUT2D eigenvalue weighted by molar-refractivity contribution is 5.85. The topological polar surface area (TPSA) is 106 Å². The van der Waals surface area contributed by atoms with E-state index in [1.807, 2.05) is 4.68 Å². The largest absolute Gasteiger partial charge is 0.377 e. The van der Waals surface area contributed by atoms with Gasteiger partial charge in [0.15, 0.2) is 11.5 Å². The van der Waals surface area contributed by atoms with Crippen LogP contribution in [-0.2, 0) is 17.9 Å². The van der Waals surface area contributed by atoms with Gasteiger partial charge in [-0.25, -0.2) is 19.6 Å². The summed E-state index contributed by atoms with van der Waals surface area (Å²) in [6.07, 6.45) is 5.27. The van der Waals surface area contributed by atoms with Crippen molar-refractivity contribution in [1.29, 1.82) is 0 Å². The van der Waals surface area contributed by atoms with Gasteiger partial charge >= 0.3 is 0 Å². The Morgan fingerprint density at radius 2 is 2.41 bits per heavy atom. The monoisotopic (exact) mass is 300 g/mol. The molecule has 1 atom stereocenters. The zero-order valence-electron chi connectivity index (χ0n) is 12.2. The van der Waals surface area contributed by atoms with Crippen LogP contribution < -0.4 is 5.32 Å². The van der Waals surface area contributed by atoms with Gasteiger partial charge in [0.05, 0.1) is 17.6 Å². The van der Waals surface area contributed by atoms with Gasteiger partial charge in [0, 0.05) is 13.7 Å². The zero-order chi connectivity index (χ0) is 14.9. The summed E-state index contributed by atoms with van der Waals surface area (Å²) in [4.78, 5) is 13.1. The third-order valence-electron chi connectivity index (χ3n) is 3.75. The van der Waals surface area contributed by atoms with Crippen molar-refractivity contribution in [3.05, 3.63) is 24.2 Å². The molecule has 4 heterocycles. The summed E-state index contributed by atoms with van der Waals surface area (Å²) in [5.74, 6) is 2.39. The molecule has 3 aromatic heterocycles. The van der Waals surface area contributed by atoms with Crippen molar-refractivity contribution in [2.24, 2.45) is 0 Å². The van der Waals surface area contributed by atoms with E-state index in [2.05, 4.69) is 35.6 Å². The van der Waals surface area contributed by atoms with Crippen molar-refractivity contribution in [1.82, 2.24) is 34.9 Å². The number of fused-ring (bicyclic) bond motifs is 2. The Kier molecular flexibility index (Phi) is 3.19. The second-order valence-corrected chi connectivity index (χ2v) is 5.24. The molecule has 0 bridgehead atoms. The van der Waals surface area contributed by atoms with Crippen LogP contribution >= 0.6 is 0 Å². The van der Waals surface area contributed by atoms with Crippen molar-refractivity contribution >= 4 is 16.9 Å². The number of nitrogens with zero attached hydrogens (tertiary/aromatic N) is 6. The van der Waals surface area contributed by atoms with E-state index in [1.54, 1.807) is 13.3 Å². The van der Waals surface area contributed by atoms with E-state index in [9.17, 15) is 0 Å². The molecule has 2 N–H and O–H groups in total. The van der Waals surface area contributed by atoms with E-state index in [1.165, 1.54) is 6.33 Å². The molecule has 1 aliphatic rings. The van der Waals surface area contributed by atoms with Crippen LogP contribution in [0.15, 0.2) is 12.5 Å². The third kappa shape index (κ3) is 2.19. The second-order valence-electron chi connectivity index (χ2n) is 5.24. The number of hydrogen-bond donors (Lipinski definition) is 2. The number of hydrogen-bond acceptors (Lipinski definition) is 7. The molecule has 1 unspecified atom stereocenters. The lowest BCUT2D eigenvalue weighted by Crippen LogP contribution is -2.23. The van der Waals surface area contributed by atoms with E-state index >= 15 is 0 Å². The summed E-state index contributed by atoms with van der Waals surface area (Å²) in [5.41, 5.74) is 0.717. The van der Waals surface area contributed by atoms with Crippen LogP contribution in [0.1, 0.15) is 30.5 Å². The highest BCUT2D eigenvalue weighted by Gasteiger charge is 2.25. The highest BCUT2D eigenvalue weighted by Crippen LogP contribution is 2.28. The number of anilines is 1. The molecule has 0 aliphatic carbocycles. The Morgan fingerprint density at radius 1 is 1.45 bits per heavy atom. The zero-order valence-corrected chi connectivity index (χ0v) is 12.2. The minimum atomic E-state index is 0.0693. The lowest BCUT2D eigenvalue weighted by Gasteiger charge is -2.23. The Balaban J connectivity index is 1.66. The fourth-order valence-electron chi connectivity index (χ4n) is 2.77. The summed E-state index contributed by atoms with van der Waals surface area (Å²) in [7, 11) is 1.65. The molecule has 0 saturated carbocycles. The van der Waals surface area contributed by atoms with Gasteiger partial charge in [-0.15, -0.1) is 0 Å². The Hall–Kier alpha value is -2.55. The molecule has 114 valence electrons. The summed E-state index contributed by atoms with van der Waals surface area (Å²) in [5, 5.41) is 15.6. The molecule has 0 amide bonds. The molecule has 0 saturated heterocycles. The first-order valence-corrected chi connectivity index (χ1v) is 7.18. The van der Waals surface area contributed by atoms with Gasteiger partial charge in [-0.3, -0.25) is 5.10 Å². The molecular formula is C13H16N8O. The van der Waals surface area contributed by atoms with Crippen LogP contribution in [0.5, 0.6) is 0 Å². The summed E-state index contributed by atoms with van der Waals surface area (Å²) in [6.45, 7) is 1.31. The van der Waals surface area contributed by atoms with Gasteiger partial charge in [-0.2, -0.15) is 10.2 Å². The smallest absolute Gasteiger partial charge is 0.176 e. The SMILES string of the molecule is COCc1nc2n(n1)CCCC2Nc1ncnc2[nH]ncc12. The lowest BCUT2D eigenvalue weighted by atomic mass is 10.1. The molecular weight excluding hydrogens is 284 g/mol. The summed E-state index contributed by atoms with van der Waals surface area (Å²) in [6, 6.07) is 0.0693. The third-order valence-corrected chi connectivity index (χ3v) is 3.75. The molecule has 22 heavy (non-hydrogen) atoms. The number of aryl methyl sites for hydroxylation is 1. The average Bonchev–Trinajstić information content (AvgIpc) is 3.14. The maximum atomic E-state index is 5.11. The highest BCUT2D eigenvalue weighted by atomic mass is 16.5. The summed E-state index contributed by atoms with van der Waals surface area (Å²) < 4.78 is 7.06. The van der Waals surface area contributed by atoms with Gasteiger partial charge < -0.3 is 10.1 Å². The minimum absolute atomic E-state index is 0.0693. The van der Waals surface area contributed by atoms with Crippen molar-refractivity contribution in [3.8, 4) is 0 Å². The van der Waals surface area contributed by atoms with Gasteiger partial charge in [-0.05, 0) is 12.8 Å². The predicted molar refractivity (Wildman–Crippen MR) is 78.0 cm³/mol. The van der Waals surface area contributed by atoms with Crippen LogP contribution in [0.4, 0.5) is 5.82 Å². The van der Waals surface area contributed by atoms with Gasteiger partial charge in [0.1, 0.15) is 24.6 Å². The fraction of sp³-hybridized carbons (Fsp3) is 0.462. The normalized spacial score (nSPS) is 17.6. The van der Waals surface area contributed by atoms with Crippen LogP contribution in [0.3, 0.4) is 0 Å². The Bertz CT molecular complexity index is 794. The van der Waals surface area contributed by atoms with Crippen molar-refractivity contribution in [3.63, 3.8) is 0 Å². The first-order chi connectivity index (χ1) is 10.8. The molecule has 0 aromatic carbocycles. The predicted octanol–water partition coefficient (Wildman–Crippen LogP) is 1.04. The maximum Gasteiger partial charge on any atom is 0.176 e. The number of rotatable bonds is 4. The minimum Gasteiger partial charge on any atom is -0.377 e. The standard InChI is InChI=1S/C13H16N8O/c1-22-6-10-18-13-9(3-2-4-21(13)20-10)17-11-8-5-16-19-12(8)15-7-14-11/h5,7,9H,2-4,6H2,1H3,(H2,14,15,16,17,19). The molecule has 4 rings (SSSR count). The first-order valence-electron chi connectivity index (χ1n) is 7.18. The molecule has 1 aliphatic heterocycles. The van der Waals surface area contributed by atoms with E-state index in [0.29, 0.717) is 12.4 Å². The number of H-pyrrole nitrogens is 1. The molecule has 0 spiro atoms. The summed E-state index contributed by atoms with van der Waals surface area (Å²) >= 11 is 0. The lowest BCUT2D eigenvalue weighted by molar-refractivity contribution is 0.177. The molecule has 9 nitrogen and oxygen atoms in total. The van der Waals surface area contributed by atoms with Gasteiger partial charge in [0.25, 0.3) is 0 Å². The maximum absolute atomic E-state index is 5.11. The van der Waals surface area contributed by atoms with E-state index in [4.69, 9.17) is 4.74 Å². The van der Waals surface area contributed by atoms with Crippen molar-refractivity contribution in [2.75, 3.05) is 12.4 Å². The van der Waals surface area contributed by atoms with Gasteiger partial charge in [0.2, 0.25) is 0 Å². The number of ether oxygens (including phenoxy) is 1. The number of aromatic nitrogens is 7. The number of methoxy groups -OCH3 is 1. The van der Waals surface area contributed by atoms with E-state index in [0.717, 1.165) is 42.1 Å². The van der Waals surface area contributed by atoms with Crippen LogP contribution in [0.2, 0.25) is 0 Å². The van der Waals surface area contributed by atoms with Crippen molar-refractivity contribution < 1.29 is 4.74 Å².